The maximum atomic E-state index is 6.69. The fraction of sp³-hybridized carbons (Fsp3) is 0.375. The molecule has 0 bridgehead atoms. The van der Waals surface area contributed by atoms with Crippen LogP contribution in [0, 0.1) is 6.92 Å². The lowest BCUT2D eigenvalue weighted by atomic mass is 9.96. The standard InChI is InChI=1S/C24H29N2OSi/c1-14(2)17-10-8-12-19-18-11-9-13-20-21(18)23-24(28(6,7)27-20)16(5)25(15(3)4)26(23)22(17)19/h8-15H,1-7H3/q+1. The molecule has 4 heteroatoms. The van der Waals surface area contributed by atoms with Crippen LogP contribution in [0.5, 0.6) is 5.75 Å². The Morgan fingerprint density at radius 3 is 2.29 bits per heavy atom. The number of benzene rings is 2. The fourth-order valence-electron chi connectivity index (χ4n) is 5.33. The zero-order valence-electron chi connectivity index (χ0n) is 17.9. The predicted octanol–water partition coefficient (Wildman–Crippen LogP) is 5.35. The van der Waals surface area contributed by atoms with Gasteiger partial charge in [-0.25, -0.2) is 0 Å². The van der Waals surface area contributed by atoms with E-state index in [0.29, 0.717) is 12.0 Å². The molecular formula is C24H29N2OSi+. The highest BCUT2D eigenvalue weighted by Gasteiger charge is 2.45. The van der Waals surface area contributed by atoms with Gasteiger partial charge in [0, 0.05) is 10.9 Å². The van der Waals surface area contributed by atoms with Gasteiger partial charge in [0.15, 0.2) is 0 Å². The van der Waals surface area contributed by atoms with E-state index < -0.39 is 8.32 Å². The number of para-hydroxylation sites is 1. The van der Waals surface area contributed by atoms with Crippen molar-refractivity contribution >= 4 is 40.7 Å². The first-order valence-corrected chi connectivity index (χ1v) is 13.3. The number of nitrogens with zero attached hydrogens (tertiary/aromatic N) is 2. The highest BCUT2D eigenvalue weighted by atomic mass is 28.4. The summed E-state index contributed by atoms with van der Waals surface area (Å²) in [6.45, 7) is 16.1. The van der Waals surface area contributed by atoms with Gasteiger partial charge < -0.3 is 4.43 Å². The van der Waals surface area contributed by atoms with Crippen LogP contribution < -0.4 is 14.1 Å². The van der Waals surface area contributed by atoms with E-state index in [1.165, 1.54) is 43.6 Å². The van der Waals surface area contributed by atoms with Gasteiger partial charge in [-0.2, -0.15) is 0 Å². The normalized spacial score (nSPS) is 15.5. The smallest absolute Gasteiger partial charge is 0.285 e. The van der Waals surface area contributed by atoms with Crippen molar-refractivity contribution in [2.75, 3.05) is 0 Å². The summed E-state index contributed by atoms with van der Waals surface area (Å²) in [5.41, 5.74) is 5.49. The summed E-state index contributed by atoms with van der Waals surface area (Å²) in [5, 5.41) is 5.35. The lowest BCUT2D eigenvalue weighted by Crippen LogP contribution is -2.51. The third kappa shape index (κ3) is 2.07. The third-order valence-electron chi connectivity index (χ3n) is 6.28. The Morgan fingerprint density at radius 2 is 1.61 bits per heavy atom. The van der Waals surface area contributed by atoms with E-state index in [-0.39, 0.29) is 0 Å². The SMILES string of the molecule is Cc1c2c3c4c(cccc4c4cccc(C(C)C)c4[n+]3n1C(C)C)O[Si]2(C)C. The van der Waals surface area contributed by atoms with Gasteiger partial charge in [-0.05, 0) is 51.9 Å². The van der Waals surface area contributed by atoms with Gasteiger partial charge >= 0.3 is 0 Å². The predicted molar refractivity (Wildman–Crippen MR) is 120 cm³/mol. The number of hydrogen-bond donors (Lipinski definition) is 0. The molecular weight excluding hydrogens is 360 g/mol. The number of pyridine rings is 1. The lowest BCUT2D eigenvalue weighted by molar-refractivity contribution is -0.586. The van der Waals surface area contributed by atoms with Gasteiger partial charge in [-0.1, -0.05) is 42.6 Å². The molecule has 2 aromatic carbocycles. The van der Waals surface area contributed by atoms with E-state index in [9.17, 15) is 0 Å². The molecule has 3 heterocycles. The van der Waals surface area contributed by atoms with Crippen molar-refractivity contribution in [3.63, 3.8) is 0 Å². The van der Waals surface area contributed by atoms with E-state index in [4.69, 9.17) is 4.43 Å². The summed E-state index contributed by atoms with van der Waals surface area (Å²) in [7, 11) is -2.06. The first kappa shape index (κ1) is 17.7. The molecule has 0 unspecified atom stereocenters. The van der Waals surface area contributed by atoms with Crippen LogP contribution >= 0.6 is 0 Å². The van der Waals surface area contributed by atoms with Gasteiger partial charge in [0.05, 0.1) is 27.7 Å². The molecule has 0 fully saturated rings. The van der Waals surface area contributed by atoms with Crippen molar-refractivity contribution in [3.05, 3.63) is 47.7 Å². The molecule has 0 saturated heterocycles. The largest absolute Gasteiger partial charge is 0.539 e. The van der Waals surface area contributed by atoms with Gasteiger partial charge in [-0.15, -0.1) is 4.68 Å². The number of fused-ring (bicyclic) bond motifs is 3. The van der Waals surface area contributed by atoms with Crippen LogP contribution in [0.4, 0.5) is 0 Å². The zero-order chi connectivity index (χ0) is 20.0. The Kier molecular flexibility index (Phi) is 3.55. The van der Waals surface area contributed by atoms with E-state index in [2.05, 4.69) is 93.3 Å². The Balaban J connectivity index is 2.23. The van der Waals surface area contributed by atoms with E-state index in [0.717, 1.165) is 5.75 Å². The van der Waals surface area contributed by atoms with Crippen molar-refractivity contribution in [1.82, 2.24) is 4.68 Å². The van der Waals surface area contributed by atoms with Crippen molar-refractivity contribution in [2.24, 2.45) is 0 Å². The molecule has 1 aliphatic heterocycles. The molecule has 1 aliphatic rings. The average molecular weight is 390 g/mol. The van der Waals surface area contributed by atoms with Crippen LogP contribution in [0.2, 0.25) is 13.1 Å². The van der Waals surface area contributed by atoms with E-state index >= 15 is 0 Å². The average Bonchev–Trinajstić information content (AvgIpc) is 2.94. The van der Waals surface area contributed by atoms with Crippen molar-refractivity contribution in [1.29, 1.82) is 0 Å². The Labute approximate surface area is 167 Å². The van der Waals surface area contributed by atoms with Crippen LogP contribution in [0.1, 0.15) is 50.9 Å². The highest BCUT2D eigenvalue weighted by Crippen LogP contribution is 2.39. The molecule has 0 aliphatic carbocycles. The maximum Gasteiger partial charge on any atom is 0.285 e. The molecule has 4 aromatic rings. The van der Waals surface area contributed by atoms with Crippen LogP contribution in [0.25, 0.3) is 27.2 Å². The summed E-state index contributed by atoms with van der Waals surface area (Å²) in [5.74, 6) is 1.51. The number of hydrogen-bond acceptors (Lipinski definition) is 1. The minimum absolute atomic E-state index is 0.372. The Bertz CT molecular complexity index is 1280. The fourth-order valence-corrected chi connectivity index (χ4v) is 7.94. The molecule has 5 rings (SSSR count). The molecule has 0 N–H and O–H groups in total. The minimum atomic E-state index is -2.06. The quantitative estimate of drug-likeness (QED) is 0.257. The first-order chi connectivity index (χ1) is 13.2. The second-order valence-electron chi connectivity index (χ2n) is 9.25. The highest BCUT2D eigenvalue weighted by molar-refractivity contribution is 6.87. The van der Waals surface area contributed by atoms with Crippen molar-refractivity contribution in [3.8, 4) is 5.75 Å². The van der Waals surface area contributed by atoms with Crippen LogP contribution in [0.15, 0.2) is 36.4 Å². The summed E-state index contributed by atoms with van der Waals surface area (Å²) in [4.78, 5) is 0. The first-order valence-electron chi connectivity index (χ1n) is 10.4. The molecule has 0 amide bonds. The molecule has 2 aromatic heterocycles. The summed E-state index contributed by atoms with van der Waals surface area (Å²) < 4.78 is 11.7. The molecule has 144 valence electrons. The summed E-state index contributed by atoms with van der Waals surface area (Å²) in [6.07, 6.45) is 0. The van der Waals surface area contributed by atoms with Gasteiger partial charge in [0.2, 0.25) is 5.52 Å². The van der Waals surface area contributed by atoms with Crippen molar-refractivity contribution in [2.45, 2.75) is 59.7 Å². The monoisotopic (exact) mass is 389 g/mol. The minimum Gasteiger partial charge on any atom is -0.539 e. The van der Waals surface area contributed by atoms with Crippen LogP contribution in [0.3, 0.4) is 0 Å². The molecule has 3 nitrogen and oxygen atoms in total. The zero-order valence-corrected chi connectivity index (χ0v) is 18.9. The van der Waals surface area contributed by atoms with Crippen LogP contribution in [-0.2, 0) is 0 Å². The lowest BCUT2D eigenvalue weighted by Gasteiger charge is -2.27. The van der Waals surface area contributed by atoms with Crippen molar-refractivity contribution < 1.29 is 8.94 Å². The second kappa shape index (κ2) is 5.60. The maximum absolute atomic E-state index is 6.69. The summed E-state index contributed by atoms with van der Waals surface area (Å²) >= 11 is 0. The number of aromatic nitrogens is 2. The summed E-state index contributed by atoms with van der Waals surface area (Å²) in [6, 6.07) is 13.7. The molecule has 0 saturated carbocycles. The molecule has 28 heavy (non-hydrogen) atoms. The topological polar surface area (TPSA) is 18.3 Å². The Hall–Kier alpha value is -2.33. The molecule has 0 radical (unpaired) electrons. The van der Waals surface area contributed by atoms with E-state index in [1.54, 1.807) is 0 Å². The molecule has 0 atom stereocenters. The van der Waals surface area contributed by atoms with Gasteiger partial charge in [-0.3, -0.25) is 0 Å². The van der Waals surface area contributed by atoms with Gasteiger partial charge in [0.25, 0.3) is 13.8 Å². The Morgan fingerprint density at radius 1 is 0.929 bits per heavy atom. The third-order valence-corrected chi connectivity index (χ3v) is 8.81. The van der Waals surface area contributed by atoms with E-state index in [1.807, 2.05) is 0 Å². The molecule has 0 spiro atoms. The second-order valence-corrected chi connectivity index (χ2v) is 13.0. The van der Waals surface area contributed by atoms with Gasteiger partial charge in [0.1, 0.15) is 5.75 Å². The number of rotatable bonds is 2. The van der Waals surface area contributed by atoms with Crippen LogP contribution in [-0.4, -0.2) is 13.0 Å².